The van der Waals surface area contributed by atoms with Gasteiger partial charge < -0.3 is 19.7 Å². The van der Waals surface area contributed by atoms with Crippen molar-refractivity contribution in [2.75, 3.05) is 25.1 Å². The highest BCUT2D eigenvalue weighted by molar-refractivity contribution is 5.80. The van der Waals surface area contributed by atoms with Crippen LogP contribution in [0.25, 0.3) is 0 Å². The molecule has 2 heterocycles. The molecule has 1 aliphatic rings. The molecule has 9 heteroatoms. The molecule has 3 rings (SSSR count). The van der Waals surface area contributed by atoms with E-state index in [-0.39, 0.29) is 18.3 Å². The van der Waals surface area contributed by atoms with E-state index in [9.17, 15) is 9.18 Å². The van der Waals surface area contributed by atoms with E-state index in [4.69, 9.17) is 9.47 Å². The Morgan fingerprint density at radius 1 is 1.21 bits per heavy atom. The third-order valence-corrected chi connectivity index (χ3v) is 4.40. The summed E-state index contributed by atoms with van der Waals surface area (Å²) in [5, 5.41) is 2.71. The lowest BCUT2D eigenvalue weighted by atomic mass is 10.1. The molecule has 1 aromatic heterocycles. The van der Waals surface area contributed by atoms with Gasteiger partial charge in [-0.3, -0.25) is 4.79 Å². The van der Waals surface area contributed by atoms with Crippen LogP contribution >= 0.6 is 0 Å². The molecule has 1 fully saturated rings. The molecule has 1 aromatic carbocycles. The number of ether oxygens (including phenoxy) is 2. The SMILES string of the molecule is COc1nc(CNC(=O)C(C)Oc2ccccc2F)nc(N2CCCCC2)n1. The largest absolute Gasteiger partial charge is 0.478 e. The second-order valence-corrected chi connectivity index (χ2v) is 6.49. The predicted octanol–water partition coefficient (Wildman–Crippen LogP) is 2.09. The Hall–Kier alpha value is -2.97. The van der Waals surface area contributed by atoms with E-state index in [0.717, 1.165) is 25.9 Å². The predicted molar refractivity (Wildman–Crippen MR) is 101 cm³/mol. The van der Waals surface area contributed by atoms with E-state index >= 15 is 0 Å². The first kappa shape index (κ1) is 19.8. The van der Waals surface area contributed by atoms with Crippen molar-refractivity contribution in [3.8, 4) is 11.8 Å². The maximum Gasteiger partial charge on any atom is 0.321 e. The molecule has 0 saturated carbocycles. The highest BCUT2D eigenvalue weighted by Crippen LogP contribution is 2.18. The fourth-order valence-electron chi connectivity index (χ4n) is 2.89. The van der Waals surface area contributed by atoms with E-state index in [2.05, 4.69) is 25.2 Å². The molecule has 1 saturated heterocycles. The summed E-state index contributed by atoms with van der Waals surface area (Å²) in [7, 11) is 1.49. The zero-order valence-electron chi connectivity index (χ0n) is 16.0. The lowest BCUT2D eigenvalue weighted by Crippen LogP contribution is -2.37. The number of rotatable bonds is 7. The molecule has 1 aliphatic heterocycles. The number of carbonyl (C=O) groups is 1. The molecule has 0 aliphatic carbocycles. The van der Waals surface area contributed by atoms with Crippen LogP contribution in [0.2, 0.25) is 0 Å². The third kappa shape index (κ3) is 5.05. The first-order chi connectivity index (χ1) is 13.6. The Labute approximate surface area is 163 Å². The highest BCUT2D eigenvalue weighted by Gasteiger charge is 2.19. The quantitative estimate of drug-likeness (QED) is 0.776. The van der Waals surface area contributed by atoms with Gasteiger partial charge in [-0.1, -0.05) is 12.1 Å². The van der Waals surface area contributed by atoms with Crippen LogP contribution in [0.15, 0.2) is 24.3 Å². The molecule has 2 aromatic rings. The number of para-hydroxylation sites is 1. The van der Waals surface area contributed by atoms with E-state index in [1.165, 1.54) is 25.7 Å². The Kier molecular flexibility index (Phi) is 6.57. The zero-order valence-corrected chi connectivity index (χ0v) is 16.0. The molecular formula is C19H24FN5O3. The molecule has 0 radical (unpaired) electrons. The number of amides is 1. The summed E-state index contributed by atoms with van der Waals surface area (Å²) in [5.74, 6) is 0.0439. The van der Waals surface area contributed by atoms with Crippen LogP contribution in [-0.4, -0.2) is 47.2 Å². The van der Waals surface area contributed by atoms with Gasteiger partial charge in [0.05, 0.1) is 13.7 Å². The number of hydrogen-bond acceptors (Lipinski definition) is 7. The Balaban J connectivity index is 1.62. The summed E-state index contributed by atoms with van der Waals surface area (Å²) in [6, 6.07) is 6.15. The van der Waals surface area contributed by atoms with Gasteiger partial charge in [0.2, 0.25) is 5.95 Å². The van der Waals surface area contributed by atoms with Crippen LogP contribution in [0, 0.1) is 5.82 Å². The fraction of sp³-hybridized carbons (Fsp3) is 0.474. The minimum absolute atomic E-state index is 0.0272. The molecule has 0 bridgehead atoms. The monoisotopic (exact) mass is 389 g/mol. The third-order valence-electron chi connectivity index (χ3n) is 4.40. The van der Waals surface area contributed by atoms with Crippen LogP contribution in [0.4, 0.5) is 10.3 Å². The number of halogens is 1. The average Bonchev–Trinajstić information content (AvgIpc) is 2.74. The van der Waals surface area contributed by atoms with Crippen molar-refractivity contribution >= 4 is 11.9 Å². The van der Waals surface area contributed by atoms with Gasteiger partial charge in [-0.05, 0) is 38.3 Å². The average molecular weight is 389 g/mol. The number of nitrogens with one attached hydrogen (secondary N) is 1. The molecule has 28 heavy (non-hydrogen) atoms. The Morgan fingerprint density at radius 3 is 2.68 bits per heavy atom. The number of carbonyl (C=O) groups excluding carboxylic acids is 1. The van der Waals surface area contributed by atoms with Gasteiger partial charge in [-0.2, -0.15) is 15.0 Å². The van der Waals surface area contributed by atoms with Gasteiger partial charge in [-0.25, -0.2) is 4.39 Å². The molecule has 1 atom stereocenters. The second-order valence-electron chi connectivity index (χ2n) is 6.49. The number of methoxy groups -OCH3 is 1. The fourth-order valence-corrected chi connectivity index (χ4v) is 2.89. The van der Waals surface area contributed by atoms with Gasteiger partial charge in [-0.15, -0.1) is 0 Å². The number of hydrogen-bond donors (Lipinski definition) is 1. The Morgan fingerprint density at radius 2 is 1.96 bits per heavy atom. The number of anilines is 1. The maximum atomic E-state index is 13.7. The summed E-state index contributed by atoms with van der Waals surface area (Å²) in [6.45, 7) is 3.40. The van der Waals surface area contributed by atoms with E-state index in [1.54, 1.807) is 19.1 Å². The normalized spacial score (nSPS) is 15.0. The molecule has 1 N–H and O–H groups in total. The lowest BCUT2D eigenvalue weighted by Gasteiger charge is -2.26. The van der Waals surface area contributed by atoms with Crippen LogP contribution in [0.5, 0.6) is 11.8 Å². The summed E-state index contributed by atoms with van der Waals surface area (Å²) in [5.41, 5.74) is 0. The maximum absolute atomic E-state index is 13.7. The van der Waals surface area contributed by atoms with Crippen LogP contribution in [0.3, 0.4) is 0 Å². The zero-order chi connectivity index (χ0) is 19.9. The molecular weight excluding hydrogens is 365 g/mol. The van der Waals surface area contributed by atoms with E-state index < -0.39 is 17.8 Å². The molecule has 150 valence electrons. The van der Waals surface area contributed by atoms with Gasteiger partial charge in [0.1, 0.15) is 0 Å². The van der Waals surface area contributed by atoms with Crippen LogP contribution in [-0.2, 0) is 11.3 Å². The summed E-state index contributed by atoms with van der Waals surface area (Å²) in [6.07, 6.45) is 2.50. The second kappa shape index (κ2) is 9.29. The smallest absolute Gasteiger partial charge is 0.321 e. The number of nitrogens with zero attached hydrogens (tertiary/aromatic N) is 4. The topological polar surface area (TPSA) is 89.5 Å². The van der Waals surface area contributed by atoms with Crippen molar-refractivity contribution in [2.24, 2.45) is 0 Å². The molecule has 1 unspecified atom stereocenters. The standard InChI is InChI=1S/C19H24FN5O3/c1-13(28-15-9-5-4-8-14(15)20)17(26)21-12-16-22-18(24-19(23-16)27-2)25-10-6-3-7-11-25/h4-5,8-9,13H,3,6-7,10-12H2,1-2H3,(H,21,26). The summed E-state index contributed by atoms with van der Waals surface area (Å²) in [4.78, 5) is 27.3. The summed E-state index contributed by atoms with van der Waals surface area (Å²) < 4.78 is 24.2. The minimum atomic E-state index is -0.873. The van der Waals surface area contributed by atoms with E-state index in [0.29, 0.717) is 11.8 Å². The van der Waals surface area contributed by atoms with Crippen molar-refractivity contribution in [1.29, 1.82) is 0 Å². The van der Waals surface area contributed by atoms with Crippen molar-refractivity contribution < 1.29 is 18.7 Å². The number of benzene rings is 1. The number of aromatic nitrogens is 3. The first-order valence-electron chi connectivity index (χ1n) is 9.29. The van der Waals surface area contributed by atoms with Crippen molar-refractivity contribution in [1.82, 2.24) is 20.3 Å². The Bertz CT molecular complexity index is 814. The molecule has 1 amide bonds. The van der Waals surface area contributed by atoms with Crippen molar-refractivity contribution in [2.45, 2.75) is 38.8 Å². The van der Waals surface area contributed by atoms with Crippen molar-refractivity contribution in [3.63, 3.8) is 0 Å². The van der Waals surface area contributed by atoms with Crippen molar-refractivity contribution in [3.05, 3.63) is 35.9 Å². The highest BCUT2D eigenvalue weighted by atomic mass is 19.1. The van der Waals surface area contributed by atoms with Gasteiger partial charge in [0.25, 0.3) is 5.91 Å². The number of piperidine rings is 1. The molecule has 0 spiro atoms. The minimum Gasteiger partial charge on any atom is -0.478 e. The lowest BCUT2D eigenvalue weighted by molar-refractivity contribution is -0.127. The van der Waals surface area contributed by atoms with Crippen LogP contribution in [0.1, 0.15) is 32.0 Å². The van der Waals surface area contributed by atoms with Gasteiger partial charge in [0.15, 0.2) is 23.5 Å². The summed E-state index contributed by atoms with van der Waals surface area (Å²) >= 11 is 0. The van der Waals surface area contributed by atoms with Gasteiger partial charge in [0, 0.05) is 13.1 Å². The van der Waals surface area contributed by atoms with Crippen LogP contribution < -0.4 is 19.7 Å². The van der Waals surface area contributed by atoms with Gasteiger partial charge >= 0.3 is 6.01 Å². The molecule has 8 nitrogen and oxygen atoms in total. The first-order valence-corrected chi connectivity index (χ1v) is 9.29. The van der Waals surface area contributed by atoms with E-state index in [1.807, 2.05) is 0 Å².